The van der Waals surface area contributed by atoms with Crippen LogP contribution in [-0.2, 0) is 25.4 Å². The van der Waals surface area contributed by atoms with Gasteiger partial charge in [0, 0.05) is 57.6 Å². The molecule has 0 aliphatic carbocycles. The molecule has 2 aromatic heterocycles. The summed E-state index contributed by atoms with van der Waals surface area (Å²) in [4.78, 5) is 2.52. The average molecular weight is 315 g/mol. The van der Waals surface area contributed by atoms with Crippen molar-refractivity contribution in [3.8, 4) is 0 Å². The Balaban J connectivity index is 1.34. The largest absolute Gasteiger partial charge is 0.374 e. The Hall–Kier alpha value is -1.66. The van der Waals surface area contributed by atoms with Gasteiger partial charge in [-0.05, 0) is 24.8 Å². The summed E-state index contributed by atoms with van der Waals surface area (Å²) in [6, 6.07) is 0. The molecule has 23 heavy (non-hydrogen) atoms. The van der Waals surface area contributed by atoms with Crippen LogP contribution in [0.25, 0.3) is 0 Å². The van der Waals surface area contributed by atoms with Crippen LogP contribution in [0, 0.1) is 0 Å². The second kappa shape index (κ2) is 5.76. The molecule has 0 amide bonds. The lowest BCUT2D eigenvalue weighted by atomic mass is 9.84. The van der Waals surface area contributed by atoms with Crippen molar-refractivity contribution in [1.82, 2.24) is 24.5 Å². The zero-order valence-corrected chi connectivity index (χ0v) is 14.0. The van der Waals surface area contributed by atoms with Crippen LogP contribution in [0.1, 0.15) is 36.3 Å². The van der Waals surface area contributed by atoms with Gasteiger partial charge in [0.05, 0.1) is 24.6 Å². The maximum atomic E-state index is 6.28. The van der Waals surface area contributed by atoms with Gasteiger partial charge in [0.15, 0.2) is 0 Å². The van der Waals surface area contributed by atoms with Crippen molar-refractivity contribution in [2.75, 3.05) is 19.7 Å². The van der Waals surface area contributed by atoms with Crippen LogP contribution in [0.2, 0.25) is 0 Å². The predicted molar refractivity (Wildman–Crippen MR) is 87.0 cm³/mol. The van der Waals surface area contributed by atoms with E-state index < -0.39 is 0 Å². The summed E-state index contributed by atoms with van der Waals surface area (Å²) >= 11 is 0. The van der Waals surface area contributed by atoms with Crippen LogP contribution in [0.4, 0.5) is 0 Å². The molecule has 0 bridgehead atoms. The van der Waals surface area contributed by atoms with Crippen LogP contribution in [0.5, 0.6) is 0 Å². The van der Waals surface area contributed by atoms with Crippen molar-refractivity contribution in [1.29, 1.82) is 0 Å². The van der Waals surface area contributed by atoms with E-state index in [0.29, 0.717) is 5.92 Å². The minimum absolute atomic E-state index is 0.0892. The van der Waals surface area contributed by atoms with Gasteiger partial charge in [-0.1, -0.05) is 0 Å². The van der Waals surface area contributed by atoms with Crippen LogP contribution < -0.4 is 0 Å². The Labute approximate surface area is 137 Å². The normalized spacial score (nSPS) is 24.5. The molecule has 0 saturated carbocycles. The molecule has 2 fully saturated rings. The minimum atomic E-state index is 0.0892. The van der Waals surface area contributed by atoms with E-state index >= 15 is 0 Å². The third kappa shape index (κ3) is 3.05. The highest BCUT2D eigenvalue weighted by Gasteiger charge is 2.43. The van der Waals surface area contributed by atoms with Crippen LogP contribution in [0.3, 0.4) is 0 Å². The molecule has 2 aliphatic rings. The molecule has 6 heteroatoms. The van der Waals surface area contributed by atoms with E-state index in [2.05, 4.69) is 27.5 Å². The first-order chi connectivity index (χ1) is 11.1. The number of rotatable bonds is 3. The Kier molecular flexibility index (Phi) is 3.73. The van der Waals surface area contributed by atoms with Crippen LogP contribution in [-0.4, -0.2) is 49.8 Å². The number of hydrogen-bond donors (Lipinski definition) is 0. The Bertz CT molecular complexity index is 668. The van der Waals surface area contributed by atoms with Gasteiger partial charge < -0.3 is 4.74 Å². The summed E-state index contributed by atoms with van der Waals surface area (Å²) in [5.41, 5.74) is 2.71. The molecule has 0 radical (unpaired) electrons. The summed E-state index contributed by atoms with van der Waals surface area (Å²) in [5, 5.41) is 8.56. The highest BCUT2D eigenvalue weighted by Crippen LogP contribution is 2.42. The fourth-order valence-electron chi connectivity index (χ4n) is 3.99. The van der Waals surface area contributed by atoms with Crippen molar-refractivity contribution in [3.05, 3.63) is 35.9 Å². The SMILES string of the molecule is Cn1cc(CN2CCC3(CC2)C[C@@H](c2cnn(C)c2)CO3)cn1. The van der Waals surface area contributed by atoms with Gasteiger partial charge in [-0.2, -0.15) is 10.2 Å². The molecule has 1 spiro atoms. The maximum absolute atomic E-state index is 6.28. The molecule has 6 nitrogen and oxygen atoms in total. The number of hydrogen-bond acceptors (Lipinski definition) is 4. The topological polar surface area (TPSA) is 48.1 Å². The molecule has 4 rings (SSSR count). The first kappa shape index (κ1) is 14.9. The third-order valence-electron chi connectivity index (χ3n) is 5.34. The van der Waals surface area contributed by atoms with Crippen molar-refractivity contribution in [2.45, 2.75) is 37.3 Å². The molecule has 2 aromatic rings. The number of piperidine rings is 1. The lowest BCUT2D eigenvalue weighted by Gasteiger charge is -2.38. The second-order valence-electron chi connectivity index (χ2n) is 7.14. The third-order valence-corrected chi connectivity index (χ3v) is 5.34. The number of aromatic nitrogens is 4. The number of likely N-dealkylation sites (tertiary alicyclic amines) is 1. The first-order valence-electron chi connectivity index (χ1n) is 8.44. The monoisotopic (exact) mass is 315 g/mol. The summed E-state index contributed by atoms with van der Waals surface area (Å²) in [6.07, 6.45) is 11.6. The zero-order chi connectivity index (χ0) is 15.9. The Morgan fingerprint density at radius 1 is 1.13 bits per heavy atom. The number of ether oxygens (including phenoxy) is 1. The van der Waals surface area contributed by atoms with Crippen molar-refractivity contribution in [3.63, 3.8) is 0 Å². The van der Waals surface area contributed by atoms with Gasteiger partial charge in [0.2, 0.25) is 0 Å². The maximum Gasteiger partial charge on any atom is 0.0713 e. The van der Waals surface area contributed by atoms with E-state index in [1.807, 2.05) is 35.9 Å². The fourth-order valence-corrected chi connectivity index (χ4v) is 3.99. The van der Waals surface area contributed by atoms with E-state index in [-0.39, 0.29) is 5.60 Å². The Morgan fingerprint density at radius 2 is 1.87 bits per heavy atom. The highest BCUT2D eigenvalue weighted by atomic mass is 16.5. The molecule has 0 aromatic carbocycles. The van der Waals surface area contributed by atoms with Crippen molar-refractivity contribution in [2.24, 2.45) is 14.1 Å². The molecule has 2 aliphatic heterocycles. The molecule has 124 valence electrons. The van der Waals surface area contributed by atoms with Crippen molar-refractivity contribution < 1.29 is 4.74 Å². The number of nitrogens with zero attached hydrogens (tertiary/aromatic N) is 5. The average Bonchev–Trinajstić information content (AvgIpc) is 3.24. The van der Waals surface area contributed by atoms with E-state index in [4.69, 9.17) is 4.74 Å². The first-order valence-corrected chi connectivity index (χ1v) is 8.44. The summed E-state index contributed by atoms with van der Waals surface area (Å²) in [7, 11) is 3.95. The molecular formula is C17H25N5O. The van der Waals surface area contributed by atoms with E-state index in [9.17, 15) is 0 Å². The van der Waals surface area contributed by atoms with E-state index in [0.717, 1.165) is 45.5 Å². The summed E-state index contributed by atoms with van der Waals surface area (Å²) in [5.74, 6) is 0.508. The van der Waals surface area contributed by atoms with Gasteiger partial charge in [-0.25, -0.2) is 0 Å². The second-order valence-corrected chi connectivity index (χ2v) is 7.14. The van der Waals surface area contributed by atoms with Gasteiger partial charge in [-0.15, -0.1) is 0 Å². The standard InChI is InChI=1S/C17H25N5O/c1-20-10-14(8-18-20)11-22-5-3-17(4-6-22)7-15(13-23-17)16-9-19-21(2)12-16/h8-10,12,15H,3-7,11,13H2,1-2H3/t15-/m1/s1. The quantitative estimate of drug-likeness (QED) is 0.865. The predicted octanol–water partition coefficient (Wildman–Crippen LogP) is 1.69. The lowest BCUT2D eigenvalue weighted by molar-refractivity contribution is -0.0448. The van der Waals surface area contributed by atoms with Gasteiger partial charge in [0.25, 0.3) is 0 Å². The van der Waals surface area contributed by atoms with Crippen LogP contribution in [0.15, 0.2) is 24.8 Å². The highest BCUT2D eigenvalue weighted by molar-refractivity contribution is 5.15. The van der Waals surface area contributed by atoms with E-state index in [1.54, 1.807) is 0 Å². The molecular weight excluding hydrogens is 290 g/mol. The van der Waals surface area contributed by atoms with Gasteiger partial charge >= 0.3 is 0 Å². The van der Waals surface area contributed by atoms with Crippen LogP contribution >= 0.6 is 0 Å². The molecule has 2 saturated heterocycles. The molecule has 0 N–H and O–H groups in total. The van der Waals surface area contributed by atoms with Gasteiger partial charge in [0.1, 0.15) is 0 Å². The van der Waals surface area contributed by atoms with Crippen molar-refractivity contribution >= 4 is 0 Å². The Morgan fingerprint density at radius 3 is 2.52 bits per heavy atom. The van der Waals surface area contributed by atoms with Gasteiger partial charge in [-0.3, -0.25) is 14.3 Å². The number of aryl methyl sites for hydroxylation is 2. The summed E-state index contributed by atoms with van der Waals surface area (Å²) < 4.78 is 10.0. The minimum Gasteiger partial charge on any atom is -0.374 e. The smallest absolute Gasteiger partial charge is 0.0713 e. The fraction of sp³-hybridized carbons (Fsp3) is 0.647. The summed E-state index contributed by atoms with van der Waals surface area (Å²) in [6.45, 7) is 4.05. The molecule has 1 atom stereocenters. The van der Waals surface area contributed by atoms with E-state index in [1.165, 1.54) is 11.1 Å². The molecule has 4 heterocycles. The lowest BCUT2D eigenvalue weighted by Crippen LogP contribution is -2.43. The molecule has 0 unspecified atom stereocenters. The zero-order valence-electron chi connectivity index (χ0n) is 14.0.